The molecule has 0 amide bonds. The Kier molecular flexibility index (Phi) is 4.59. The first-order valence-corrected chi connectivity index (χ1v) is 1.92. The molecule has 0 fully saturated rings. The molecule has 0 spiro atoms. The van der Waals surface area contributed by atoms with Crippen LogP contribution in [0.3, 0.4) is 0 Å². The maximum Gasteiger partial charge on any atom is 0.163 e. The second-order valence-electron chi connectivity index (χ2n) is 0.621. The Labute approximate surface area is 47.1 Å². The lowest BCUT2D eigenvalue weighted by molar-refractivity contribution is 0.203. The maximum absolute atomic E-state index is 4.88. The topological polar surface area (TPSA) is 21.3 Å². The summed E-state index contributed by atoms with van der Waals surface area (Å²) in [7, 11) is 0. The molecule has 0 radical (unpaired) electrons. The molecule has 0 saturated carbocycles. The minimum atomic E-state index is 1.35. The molecule has 0 aliphatic heterocycles. The molecule has 1 N–H and O–H groups in total. The zero-order chi connectivity index (χ0) is 5.54. The van der Waals surface area contributed by atoms with Gasteiger partial charge in [0, 0.05) is 6.20 Å². The molecule has 7 heavy (non-hydrogen) atoms. The zero-order valence-electron chi connectivity index (χ0n) is 3.57. The normalized spacial score (nSPS) is 5.29. The van der Waals surface area contributed by atoms with Crippen molar-refractivity contribution in [3.05, 3.63) is 12.8 Å². The van der Waals surface area contributed by atoms with Gasteiger partial charge in [0.2, 0.25) is 0 Å². The molecule has 0 heterocycles. The lowest BCUT2D eigenvalue weighted by Gasteiger charge is -1.86. The van der Waals surface area contributed by atoms with Crippen LogP contribution in [-0.4, -0.2) is 0 Å². The largest absolute Gasteiger partial charge is 0.328 e. The van der Waals surface area contributed by atoms with Crippen LogP contribution in [0.25, 0.3) is 0 Å². The van der Waals surface area contributed by atoms with Crippen LogP contribution in [0.2, 0.25) is 0 Å². The number of hydroxylamine groups is 1. The van der Waals surface area contributed by atoms with Crippen LogP contribution in [0.4, 0.5) is 0 Å². The SMILES string of the molecule is C=CNOC#CCl. The first-order chi connectivity index (χ1) is 3.41. The third-order valence-electron chi connectivity index (χ3n) is 0.232. The van der Waals surface area contributed by atoms with E-state index in [2.05, 4.69) is 23.0 Å². The Morgan fingerprint density at radius 1 is 1.86 bits per heavy atom. The summed E-state index contributed by atoms with van der Waals surface area (Å²) >= 11 is 4.88. The molecule has 0 aromatic heterocycles. The van der Waals surface area contributed by atoms with E-state index >= 15 is 0 Å². The van der Waals surface area contributed by atoms with E-state index in [1.54, 1.807) is 0 Å². The van der Waals surface area contributed by atoms with Gasteiger partial charge in [-0.2, -0.15) is 0 Å². The molecule has 0 bridgehead atoms. The summed E-state index contributed by atoms with van der Waals surface area (Å²) in [6.07, 6.45) is 3.43. The van der Waals surface area contributed by atoms with E-state index in [4.69, 9.17) is 11.6 Å². The Bertz CT molecular complexity index is 102. The molecule has 0 aromatic carbocycles. The minimum absolute atomic E-state index is 1.35. The van der Waals surface area contributed by atoms with Crippen molar-refractivity contribution in [1.82, 2.24) is 5.48 Å². The second kappa shape index (κ2) is 5.19. The van der Waals surface area contributed by atoms with Gasteiger partial charge in [-0.05, 0) is 11.6 Å². The number of nitrogens with one attached hydrogen (secondary N) is 1. The quantitative estimate of drug-likeness (QED) is 0.328. The van der Waals surface area contributed by atoms with Crippen molar-refractivity contribution in [2.24, 2.45) is 0 Å². The van der Waals surface area contributed by atoms with Crippen LogP contribution in [0.5, 0.6) is 0 Å². The summed E-state index contributed by atoms with van der Waals surface area (Å²) < 4.78 is 0. The van der Waals surface area contributed by atoms with Crippen molar-refractivity contribution < 1.29 is 4.84 Å². The monoisotopic (exact) mass is 117 g/mol. The maximum atomic E-state index is 4.88. The van der Waals surface area contributed by atoms with E-state index in [0.717, 1.165) is 0 Å². The van der Waals surface area contributed by atoms with E-state index in [1.165, 1.54) is 6.20 Å². The number of hydrogen-bond donors (Lipinski definition) is 1. The van der Waals surface area contributed by atoms with Crippen molar-refractivity contribution in [2.75, 3.05) is 0 Å². The van der Waals surface area contributed by atoms with E-state index in [9.17, 15) is 0 Å². The third kappa shape index (κ3) is 5.19. The molecule has 0 rings (SSSR count). The predicted octanol–water partition coefficient (Wildman–Crippen LogP) is 0.808. The van der Waals surface area contributed by atoms with E-state index in [-0.39, 0.29) is 0 Å². The van der Waals surface area contributed by atoms with Crippen molar-refractivity contribution in [3.8, 4) is 11.5 Å². The molecule has 0 aliphatic carbocycles. The molecule has 3 heteroatoms. The summed E-state index contributed by atoms with van der Waals surface area (Å²) in [5.74, 6) is 0. The summed E-state index contributed by atoms with van der Waals surface area (Å²) in [6, 6.07) is 0. The fourth-order valence-corrected chi connectivity index (χ4v) is 0.129. The lowest BCUT2D eigenvalue weighted by Crippen LogP contribution is -1.98. The highest BCUT2D eigenvalue weighted by atomic mass is 35.5. The predicted molar refractivity (Wildman–Crippen MR) is 28.0 cm³/mol. The van der Waals surface area contributed by atoms with Crippen molar-refractivity contribution in [3.63, 3.8) is 0 Å². The van der Waals surface area contributed by atoms with Gasteiger partial charge in [0.05, 0.1) is 5.38 Å². The van der Waals surface area contributed by atoms with Gasteiger partial charge in [0.25, 0.3) is 0 Å². The summed E-state index contributed by atoms with van der Waals surface area (Å²) in [5.41, 5.74) is 2.26. The van der Waals surface area contributed by atoms with E-state index in [1.807, 2.05) is 5.38 Å². The van der Waals surface area contributed by atoms with Gasteiger partial charge in [0.15, 0.2) is 6.11 Å². The smallest absolute Gasteiger partial charge is 0.163 e. The average molecular weight is 118 g/mol. The van der Waals surface area contributed by atoms with Crippen molar-refractivity contribution in [2.45, 2.75) is 0 Å². The first-order valence-electron chi connectivity index (χ1n) is 1.54. The highest BCUT2D eigenvalue weighted by Gasteiger charge is 1.59. The second-order valence-corrected chi connectivity index (χ2v) is 0.810. The van der Waals surface area contributed by atoms with Crippen LogP contribution in [0.1, 0.15) is 0 Å². The Morgan fingerprint density at radius 3 is 3.00 bits per heavy atom. The van der Waals surface area contributed by atoms with Crippen LogP contribution < -0.4 is 5.48 Å². The van der Waals surface area contributed by atoms with Crippen molar-refractivity contribution >= 4 is 11.6 Å². The summed E-state index contributed by atoms with van der Waals surface area (Å²) in [5, 5.41) is 1.99. The molecule has 0 unspecified atom stereocenters. The minimum Gasteiger partial charge on any atom is -0.328 e. The zero-order valence-corrected chi connectivity index (χ0v) is 4.33. The van der Waals surface area contributed by atoms with Crippen LogP contribution in [0, 0.1) is 11.5 Å². The van der Waals surface area contributed by atoms with Gasteiger partial charge < -0.3 is 4.84 Å². The fraction of sp³-hybridized carbons (Fsp3) is 0. The van der Waals surface area contributed by atoms with Gasteiger partial charge >= 0.3 is 0 Å². The molecule has 0 saturated heterocycles. The van der Waals surface area contributed by atoms with Gasteiger partial charge in [-0.15, -0.1) is 0 Å². The fourth-order valence-electron chi connectivity index (χ4n) is 0.0904. The molecule has 0 atom stereocenters. The van der Waals surface area contributed by atoms with Gasteiger partial charge in [0.1, 0.15) is 0 Å². The summed E-state index contributed by atoms with van der Waals surface area (Å²) in [4.78, 5) is 4.27. The van der Waals surface area contributed by atoms with Crippen LogP contribution in [-0.2, 0) is 4.84 Å². The number of halogens is 1. The molecule has 38 valence electrons. The molecule has 0 aromatic rings. The standard InChI is InChI=1S/C4H4ClNO/c1-2-6-7-4-3-5/h2,6H,1H2. The Balaban J connectivity index is 2.92. The average Bonchev–Trinajstić information content (AvgIpc) is 1.69. The van der Waals surface area contributed by atoms with Crippen molar-refractivity contribution in [1.29, 1.82) is 0 Å². The molecule has 0 aliphatic rings. The lowest BCUT2D eigenvalue weighted by atomic mass is 11.1. The molecular weight excluding hydrogens is 114 g/mol. The van der Waals surface area contributed by atoms with Gasteiger partial charge in [-0.25, -0.2) is 5.48 Å². The highest BCUT2D eigenvalue weighted by Crippen LogP contribution is 1.62. The first kappa shape index (κ1) is 6.19. The van der Waals surface area contributed by atoms with E-state index < -0.39 is 0 Å². The molecule has 2 nitrogen and oxygen atoms in total. The van der Waals surface area contributed by atoms with Crippen LogP contribution in [0.15, 0.2) is 12.8 Å². The molecular formula is C4H4ClNO. The van der Waals surface area contributed by atoms with Gasteiger partial charge in [-0.3, -0.25) is 0 Å². The van der Waals surface area contributed by atoms with E-state index in [0.29, 0.717) is 0 Å². The Hall–Kier alpha value is -0.810. The van der Waals surface area contributed by atoms with Gasteiger partial charge in [-0.1, -0.05) is 6.58 Å². The summed E-state index contributed by atoms with van der Waals surface area (Å²) in [6.45, 7) is 3.29. The third-order valence-corrected chi connectivity index (χ3v) is 0.309. The highest BCUT2D eigenvalue weighted by molar-refractivity contribution is 6.30. The van der Waals surface area contributed by atoms with Crippen LogP contribution >= 0.6 is 11.6 Å². The Morgan fingerprint density at radius 2 is 2.57 bits per heavy atom. The number of rotatable bonds is 2. The number of hydrogen-bond acceptors (Lipinski definition) is 2.